The number of aromatic nitrogens is 2. The molecule has 0 saturated heterocycles. The standard InChI is InChI=1S/C11H10N2OS/c15-14-11(9-5-1-3-7-12-9)10-6-2-4-8-13-10/h1-8,11,15H. The largest absolute Gasteiger partial charge is 0.302 e. The van der Waals surface area contributed by atoms with Crippen LogP contribution in [0.25, 0.3) is 0 Å². The van der Waals surface area contributed by atoms with E-state index in [4.69, 9.17) is 4.18 Å². The molecule has 2 aromatic heterocycles. The number of rotatable bonds is 3. The Morgan fingerprint density at radius 1 is 0.933 bits per heavy atom. The highest BCUT2D eigenvalue weighted by Crippen LogP contribution is 2.23. The summed E-state index contributed by atoms with van der Waals surface area (Å²) >= 11 is 3.86. The zero-order chi connectivity index (χ0) is 10.5. The minimum absolute atomic E-state index is 0.323. The lowest BCUT2D eigenvalue weighted by atomic mass is 10.1. The van der Waals surface area contributed by atoms with E-state index in [2.05, 4.69) is 22.9 Å². The van der Waals surface area contributed by atoms with Gasteiger partial charge in [-0.3, -0.25) is 9.97 Å². The highest BCUT2D eigenvalue weighted by atomic mass is 32.1. The first kappa shape index (κ1) is 10.1. The Balaban J connectivity index is 2.34. The third kappa shape index (κ3) is 2.34. The minimum Gasteiger partial charge on any atom is -0.302 e. The molecule has 0 aliphatic carbocycles. The van der Waals surface area contributed by atoms with Crippen molar-refractivity contribution in [1.82, 2.24) is 9.97 Å². The molecule has 0 saturated carbocycles. The summed E-state index contributed by atoms with van der Waals surface area (Å²) in [7, 11) is 0. The van der Waals surface area contributed by atoms with Crippen LogP contribution in [0.15, 0.2) is 48.8 Å². The van der Waals surface area contributed by atoms with Crippen LogP contribution >= 0.6 is 12.9 Å². The fourth-order valence-electron chi connectivity index (χ4n) is 1.32. The first-order valence-electron chi connectivity index (χ1n) is 4.54. The van der Waals surface area contributed by atoms with Gasteiger partial charge in [0.25, 0.3) is 0 Å². The molecule has 2 heterocycles. The molecule has 4 heteroatoms. The van der Waals surface area contributed by atoms with Crippen molar-refractivity contribution in [2.45, 2.75) is 6.10 Å². The Morgan fingerprint density at radius 3 is 1.80 bits per heavy atom. The summed E-state index contributed by atoms with van der Waals surface area (Å²) in [5.41, 5.74) is 1.59. The van der Waals surface area contributed by atoms with E-state index < -0.39 is 0 Å². The number of thiol groups is 1. The molecule has 0 aliphatic rings. The van der Waals surface area contributed by atoms with E-state index >= 15 is 0 Å². The molecule has 0 aliphatic heterocycles. The lowest BCUT2D eigenvalue weighted by Crippen LogP contribution is -2.04. The number of hydrogen-bond donors (Lipinski definition) is 1. The van der Waals surface area contributed by atoms with E-state index in [1.54, 1.807) is 12.4 Å². The van der Waals surface area contributed by atoms with Gasteiger partial charge >= 0.3 is 0 Å². The molecular weight excluding hydrogens is 208 g/mol. The van der Waals surface area contributed by atoms with Crippen LogP contribution in [-0.4, -0.2) is 9.97 Å². The monoisotopic (exact) mass is 218 g/mol. The van der Waals surface area contributed by atoms with Gasteiger partial charge in [-0.2, -0.15) is 0 Å². The maximum atomic E-state index is 5.09. The summed E-state index contributed by atoms with van der Waals surface area (Å²) in [4.78, 5) is 8.42. The van der Waals surface area contributed by atoms with Crippen LogP contribution in [0.3, 0.4) is 0 Å². The molecule has 0 amide bonds. The van der Waals surface area contributed by atoms with Gasteiger partial charge in [-0.1, -0.05) is 12.1 Å². The molecule has 0 radical (unpaired) electrons. The van der Waals surface area contributed by atoms with Crippen LogP contribution < -0.4 is 0 Å². The predicted molar refractivity (Wildman–Crippen MR) is 60.4 cm³/mol. The molecule has 2 rings (SSSR count). The van der Waals surface area contributed by atoms with E-state index in [1.807, 2.05) is 36.4 Å². The summed E-state index contributed by atoms with van der Waals surface area (Å²) in [5, 5.41) is 0. The van der Waals surface area contributed by atoms with E-state index in [1.165, 1.54) is 0 Å². The predicted octanol–water partition coefficient (Wildman–Crippen LogP) is 2.43. The average molecular weight is 218 g/mol. The molecular formula is C11H10N2OS. The second-order valence-corrected chi connectivity index (χ2v) is 3.21. The Labute approximate surface area is 93.8 Å². The molecule has 3 nitrogen and oxygen atoms in total. The van der Waals surface area contributed by atoms with E-state index in [-0.39, 0.29) is 6.10 Å². The Hall–Kier alpha value is -1.39. The van der Waals surface area contributed by atoms with Crippen LogP contribution in [-0.2, 0) is 4.18 Å². The Morgan fingerprint density at radius 2 is 1.47 bits per heavy atom. The Kier molecular flexibility index (Phi) is 3.32. The number of nitrogens with zero attached hydrogens (tertiary/aromatic N) is 2. The fraction of sp³-hybridized carbons (Fsp3) is 0.0909. The summed E-state index contributed by atoms with van der Waals surface area (Å²) in [6.45, 7) is 0. The lowest BCUT2D eigenvalue weighted by molar-refractivity contribution is 0.290. The molecule has 0 unspecified atom stereocenters. The quantitative estimate of drug-likeness (QED) is 0.634. The SMILES string of the molecule is SOC(c1ccccn1)c1ccccn1. The smallest absolute Gasteiger partial charge is 0.155 e. The van der Waals surface area contributed by atoms with E-state index in [0.717, 1.165) is 11.4 Å². The van der Waals surface area contributed by atoms with Crippen molar-refractivity contribution in [2.75, 3.05) is 0 Å². The lowest BCUT2D eigenvalue weighted by Gasteiger charge is -2.12. The van der Waals surface area contributed by atoms with Crippen molar-refractivity contribution in [1.29, 1.82) is 0 Å². The van der Waals surface area contributed by atoms with Crippen LogP contribution in [0.5, 0.6) is 0 Å². The summed E-state index contributed by atoms with van der Waals surface area (Å²) < 4.78 is 5.09. The molecule has 0 spiro atoms. The normalized spacial score (nSPS) is 10.5. The van der Waals surface area contributed by atoms with Crippen LogP contribution in [0.2, 0.25) is 0 Å². The van der Waals surface area contributed by atoms with Gasteiger partial charge in [0.1, 0.15) is 0 Å². The number of hydrogen-bond acceptors (Lipinski definition) is 4. The average Bonchev–Trinajstić information content (AvgIpc) is 2.33. The van der Waals surface area contributed by atoms with Crippen LogP contribution in [0, 0.1) is 0 Å². The molecule has 2 aromatic rings. The second-order valence-electron chi connectivity index (χ2n) is 2.99. The molecule has 0 fully saturated rings. The fourth-order valence-corrected chi connectivity index (χ4v) is 1.54. The van der Waals surface area contributed by atoms with Crippen LogP contribution in [0.1, 0.15) is 17.5 Å². The maximum Gasteiger partial charge on any atom is 0.155 e. The summed E-state index contributed by atoms with van der Waals surface area (Å²) in [6, 6.07) is 11.3. The molecule has 0 N–H and O–H groups in total. The van der Waals surface area contributed by atoms with Crippen molar-refractivity contribution in [3.8, 4) is 0 Å². The molecule has 0 aromatic carbocycles. The second kappa shape index (κ2) is 4.91. The summed E-state index contributed by atoms with van der Waals surface area (Å²) in [6.07, 6.45) is 3.12. The topological polar surface area (TPSA) is 35.0 Å². The van der Waals surface area contributed by atoms with Crippen molar-refractivity contribution < 1.29 is 4.18 Å². The van der Waals surface area contributed by atoms with E-state index in [9.17, 15) is 0 Å². The molecule has 0 atom stereocenters. The van der Waals surface area contributed by atoms with Gasteiger partial charge in [0.15, 0.2) is 6.10 Å². The first-order chi connectivity index (χ1) is 7.42. The molecule has 0 bridgehead atoms. The van der Waals surface area contributed by atoms with E-state index in [0.29, 0.717) is 0 Å². The first-order valence-corrected chi connectivity index (χ1v) is 4.90. The van der Waals surface area contributed by atoms with Gasteiger partial charge in [0.2, 0.25) is 0 Å². The van der Waals surface area contributed by atoms with Gasteiger partial charge in [-0.25, -0.2) is 0 Å². The zero-order valence-corrected chi connectivity index (χ0v) is 8.84. The van der Waals surface area contributed by atoms with Crippen molar-refractivity contribution in [3.63, 3.8) is 0 Å². The maximum absolute atomic E-state index is 5.09. The minimum atomic E-state index is -0.323. The van der Waals surface area contributed by atoms with Crippen molar-refractivity contribution in [3.05, 3.63) is 60.2 Å². The third-order valence-corrected chi connectivity index (χ3v) is 2.23. The van der Waals surface area contributed by atoms with Gasteiger partial charge in [0, 0.05) is 12.4 Å². The van der Waals surface area contributed by atoms with Crippen molar-refractivity contribution >= 4 is 12.9 Å². The highest BCUT2D eigenvalue weighted by Gasteiger charge is 2.15. The van der Waals surface area contributed by atoms with Gasteiger partial charge in [-0.15, -0.1) is 0 Å². The zero-order valence-electron chi connectivity index (χ0n) is 7.95. The number of pyridine rings is 2. The van der Waals surface area contributed by atoms with Gasteiger partial charge in [0.05, 0.1) is 11.4 Å². The van der Waals surface area contributed by atoms with Gasteiger partial charge in [-0.05, 0) is 37.2 Å². The molecule has 15 heavy (non-hydrogen) atoms. The van der Waals surface area contributed by atoms with Crippen LogP contribution in [0.4, 0.5) is 0 Å². The van der Waals surface area contributed by atoms with Gasteiger partial charge < -0.3 is 4.18 Å². The Bertz CT molecular complexity index is 368. The third-order valence-electron chi connectivity index (χ3n) is 2.02. The van der Waals surface area contributed by atoms with Crippen molar-refractivity contribution in [2.24, 2.45) is 0 Å². The summed E-state index contributed by atoms with van der Waals surface area (Å²) in [5.74, 6) is 0. The molecule has 76 valence electrons. The highest BCUT2D eigenvalue weighted by molar-refractivity contribution is 7.75.